The number of amides is 1. The lowest BCUT2D eigenvalue weighted by Crippen LogP contribution is -2.39. The van der Waals surface area contributed by atoms with E-state index < -0.39 is 12.1 Å². The number of hydrogen-bond acceptors (Lipinski definition) is 4. The Bertz CT molecular complexity index is 846. The fourth-order valence-corrected chi connectivity index (χ4v) is 3.42. The molecular weight excluding hydrogens is 342 g/mol. The number of benzene rings is 2. The third-order valence-electron chi connectivity index (χ3n) is 4.98. The molecule has 142 valence electrons. The molecule has 2 atom stereocenters. The lowest BCUT2D eigenvalue weighted by molar-refractivity contribution is -0.130. The predicted molar refractivity (Wildman–Crippen MR) is 103 cm³/mol. The molecule has 1 amide bonds. The molecule has 27 heavy (non-hydrogen) atoms. The number of ether oxygens (including phenoxy) is 2. The van der Waals surface area contributed by atoms with Crippen LogP contribution in [0.3, 0.4) is 0 Å². The maximum Gasteiger partial charge on any atom is 0.339 e. The van der Waals surface area contributed by atoms with Gasteiger partial charge in [0.2, 0.25) is 0 Å². The Morgan fingerprint density at radius 1 is 1.19 bits per heavy atom. The Balaban J connectivity index is 1.64. The van der Waals surface area contributed by atoms with Crippen LogP contribution in [0.1, 0.15) is 52.9 Å². The molecule has 0 aromatic heterocycles. The second kappa shape index (κ2) is 8.25. The van der Waals surface area contributed by atoms with Gasteiger partial charge in [-0.1, -0.05) is 30.3 Å². The van der Waals surface area contributed by atoms with Gasteiger partial charge in [-0.25, -0.2) is 4.79 Å². The van der Waals surface area contributed by atoms with E-state index in [1.54, 1.807) is 32.2 Å². The van der Waals surface area contributed by atoms with Crippen LogP contribution in [0.5, 0.6) is 5.75 Å². The van der Waals surface area contributed by atoms with Crippen molar-refractivity contribution in [3.05, 3.63) is 64.7 Å². The molecule has 0 saturated carbocycles. The Labute approximate surface area is 159 Å². The van der Waals surface area contributed by atoms with E-state index in [9.17, 15) is 9.59 Å². The molecule has 0 bridgehead atoms. The van der Waals surface area contributed by atoms with E-state index in [-0.39, 0.29) is 11.9 Å². The average Bonchev–Trinajstić information content (AvgIpc) is 2.68. The number of aryl methyl sites for hydroxylation is 2. The minimum Gasteiger partial charge on any atom is -0.496 e. The standard InChI is InChI=1S/C22H25NO4/c1-14-11-12-17(13-20(14)26-3)22(25)27-15(2)21(24)23-19-10-6-8-16-7-4-5-9-18(16)19/h4-5,7,9,11-13,15,19H,6,8,10H2,1-3H3,(H,23,24)/t15-,19+/m1/s1. The van der Waals surface area contributed by atoms with Gasteiger partial charge in [-0.2, -0.15) is 0 Å². The van der Waals surface area contributed by atoms with E-state index in [1.807, 2.05) is 19.1 Å². The summed E-state index contributed by atoms with van der Waals surface area (Å²) in [4.78, 5) is 24.9. The van der Waals surface area contributed by atoms with E-state index in [0.29, 0.717) is 11.3 Å². The summed E-state index contributed by atoms with van der Waals surface area (Å²) < 4.78 is 10.6. The monoisotopic (exact) mass is 367 g/mol. The summed E-state index contributed by atoms with van der Waals surface area (Å²) in [5, 5.41) is 3.02. The molecule has 1 aliphatic carbocycles. The summed E-state index contributed by atoms with van der Waals surface area (Å²) in [6.07, 6.45) is 2.07. The van der Waals surface area contributed by atoms with Gasteiger partial charge in [-0.3, -0.25) is 4.79 Å². The highest BCUT2D eigenvalue weighted by molar-refractivity contribution is 5.92. The highest BCUT2D eigenvalue weighted by Crippen LogP contribution is 2.29. The summed E-state index contributed by atoms with van der Waals surface area (Å²) in [5.41, 5.74) is 3.71. The number of esters is 1. The van der Waals surface area contributed by atoms with Crippen molar-refractivity contribution in [3.63, 3.8) is 0 Å². The maximum atomic E-state index is 12.6. The molecule has 5 heteroatoms. The molecule has 0 radical (unpaired) electrons. The van der Waals surface area contributed by atoms with Crippen molar-refractivity contribution in [2.45, 2.75) is 45.3 Å². The molecule has 3 rings (SSSR count). The van der Waals surface area contributed by atoms with Crippen molar-refractivity contribution in [3.8, 4) is 5.75 Å². The van der Waals surface area contributed by atoms with Crippen molar-refractivity contribution in [1.82, 2.24) is 5.32 Å². The fourth-order valence-electron chi connectivity index (χ4n) is 3.42. The van der Waals surface area contributed by atoms with Gasteiger partial charge in [0.05, 0.1) is 18.7 Å². The second-order valence-corrected chi connectivity index (χ2v) is 6.88. The number of carbonyl (C=O) groups is 2. The van der Waals surface area contributed by atoms with Gasteiger partial charge in [0.15, 0.2) is 6.10 Å². The zero-order valence-corrected chi connectivity index (χ0v) is 16.0. The molecule has 2 aromatic rings. The fraction of sp³-hybridized carbons (Fsp3) is 0.364. The van der Waals surface area contributed by atoms with Gasteiger partial charge in [0.1, 0.15) is 5.75 Å². The van der Waals surface area contributed by atoms with Crippen molar-refractivity contribution in [2.75, 3.05) is 7.11 Å². The van der Waals surface area contributed by atoms with Gasteiger partial charge in [0.25, 0.3) is 5.91 Å². The number of rotatable bonds is 5. The molecule has 0 saturated heterocycles. The highest BCUT2D eigenvalue weighted by Gasteiger charge is 2.25. The van der Waals surface area contributed by atoms with Gasteiger partial charge in [-0.15, -0.1) is 0 Å². The van der Waals surface area contributed by atoms with Crippen LogP contribution >= 0.6 is 0 Å². The lowest BCUT2D eigenvalue weighted by atomic mass is 9.87. The first-order chi connectivity index (χ1) is 13.0. The quantitative estimate of drug-likeness (QED) is 0.818. The van der Waals surface area contributed by atoms with Crippen LogP contribution in [-0.2, 0) is 16.0 Å². The van der Waals surface area contributed by atoms with Gasteiger partial charge in [0, 0.05) is 0 Å². The Hall–Kier alpha value is -2.82. The van der Waals surface area contributed by atoms with Crippen LogP contribution in [0, 0.1) is 6.92 Å². The zero-order valence-electron chi connectivity index (χ0n) is 16.0. The minimum absolute atomic E-state index is 0.0388. The Morgan fingerprint density at radius 3 is 2.74 bits per heavy atom. The molecule has 5 nitrogen and oxygen atoms in total. The van der Waals surface area contributed by atoms with Crippen LogP contribution in [0.4, 0.5) is 0 Å². The number of fused-ring (bicyclic) bond motifs is 1. The molecule has 2 aromatic carbocycles. The van der Waals surface area contributed by atoms with E-state index in [1.165, 1.54) is 5.56 Å². The zero-order chi connectivity index (χ0) is 19.4. The van der Waals surface area contributed by atoms with Crippen molar-refractivity contribution < 1.29 is 19.1 Å². The third kappa shape index (κ3) is 4.30. The molecule has 0 aliphatic heterocycles. The molecule has 0 spiro atoms. The third-order valence-corrected chi connectivity index (χ3v) is 4.98. The lowest BCUT2D eigenvalue weighted by Gasteiger charge is -2.27. The van der Waals surface area contributed by atoms with Crippen LogP contribution in [0.15, 0.2) is 42.5 Å². The van der Waals surface area contributed by atoms with Gasteiger partial charge < -0.3 is 14.8 Å². The van der Waals surface area contributed by atoms with E-state index >= 15 is 0 Å². The van der Waals surface area contributed by atoms with Crippen LogP contribution < -0.4 is 10.1 Å². The molecule has 0 fully saturated rings. The smallest absolute Gasteiger partial charge is 0.339 e. The highest BCUT2D eigenvalue weighted by atomic mass is 16.5. The molecular formula is C22H25NO4. The number of nitrogens with one attached hydrogen (secondary N) is 1. The molecule has 1 aliphatic rings. The normalized spacial score (nSPS) is 16.8. The van der Waals surface area contributed by atoms with Gasteiger partial charge in [-0.05, 0) is 61.9 Å². The summed E-state index contributed by atoms with van der Waals surface area (Å²) >= 11 is 0. The first-order valence-electron chi connectivity index (χ1n) is 9.23. The van der Waals surface area contributed by atoms with Crippen molar-refractivity contribution in [1.29, 1.82) is 0 Å². The summed E-state index contributed by atoms with van der Waals surface area (Å²) in [5.74, 6) is -0.218. The van der Waals surface area contributed by atoms with Crippen molar-refractivity contribution >= 4 is 11.9 Å². The second-order valence-electron chi connectivity index (χ2n) is 6.88. The van der Waals surface area contributed by atoms with Crippen molar-refractivity contribution in [2.24, 2.45) is 0 Å². The largest absolute Gasteiger partial charge is 0.496 e. The topological polar surface area (TPSA) is 64.6 Å². The average molecular weight is 367 g/mol. The number of carbonyl (C=O) groups excluding carboxylic acids is 2. The first kappa shape index (κ1) is 19.0. The Morgan fingerprint density at radius 2 is 1.96 bits per heavy atom. The molecule has 0 heterocycles. The SMILES string of the molecule is COc1cc(C(=O)O[C@H](C)C(=O)N[C@H]2CCCc3ccccc32)ccc1C. The number of methoxy groups -OCH3 is 1. The maximum absolute atomic E-state index is 12.6. The van der Waals surface area contributed by atoms with E-state index in [4.69, 9.17) is 9.47 Å². The predicted octanol–water partition coefficient (Wildman–Crippen LogP) is 3.74. The van der Waals surface area contributed by atoms with Gasteiger partial charge >= 0.3 is 5.97 Å². The van der Waals surface area contributed by atoms with Crippen LogP contribution in [0.2, 0.25) is 0 Å². The van der Waals surface area contributed by atoms with Crippen LogP contribution in [-0.4, -0.2) is 25.1 Å². The van der Waals surface area contributed by atoms with E-state index in [2.05, 4.69) is 17.4 Å². The molecule has 1 N–H and O–H groups in total. The van der Waals surface area contributed by atoms with E-state index in [0.717, 1.165) is 30.4 Å². The van der Waals surface area contributed by atoms with Crippen LogP contribution in [0.25, 0.3) is 0 Å². The molecule has 0 unspecified atom stereocenters. The summed E-state index contributed by atoms with van der Waals surface area (Å²) in [6.45, 7) is 3.49. The Kier molecular flexibility index (Phi) is 5.79. The minimum atomic E-state index is -0.876. The summed E-state index contributed by atoms with van der Waals surface area (Å²) in [7, 11) is 1.55. The summed E-state index contributed by atoms with van der Waals surface area (Å²) in [6, 6.07) is 13.2. The first-order valence-corrected chi connectivity index (χ1v) is 9.23. The number of hydrogen-bond donors (Lipinski definition) is 1.